The number of benzene rings is 4. The second-order valence-electron chi connectivity index (χ2n) is 18.3. The van der Waals surface area contributed by atoms with Crippen molar-refractivity contribution in [2.45, 2.75) is 106 Å². The summed E-state index contributed by atoms with van der Waals surface area (Å²) in [6, 6.07) is 24.6. The van der Waals surface area contributed by atoms with E-state index < -0.39 is 31.1 Å². The molecule has 7 rings (SSSR count). The van der Waals surface area contributed by atoms with Gasteiger partial charge < -0.3 is 24.2 Å². The van der Waals surface area contributed by atoms with Crippen molar-refractivity contribution in [1.82, 2.24) is 5.32 Å². The number of para-hydroxylation sites is 1. The average Bonchev–Trinajstić information content (AvgIpc) is 3.60. The van der Waals surface area contributed by atoms with Crippen LogP contribution in [0.25, 0.3) is 0 Å². The summed E-state index contributed by atoms with van der Waals surface area (Å²) < 4.78 is 73.3. The number of carbonyl (C=O) groups excluding carboxylic acids is 2. The summed E-state index contributed by atoms with van der Waals surface area (Å²) in [5.41, 5.74) is 7.32. The van der Waals surface area contributed by atoms with Crippen molar-refractivity contribution in [3.63, 3.8) is 0 Å². The molecule has 3 aliphatic rings. The summed E-state index contributed by atoms with van der Waals surface area (Å²) in [5.74, 6) is 6.53. The minimum absolute atomic E-state index is 0. The number of unbranched alkanes of at least 4 members (excludes halogenated alkanes) is 4. The first kappa shape index (κ1) is 52.9. The van der Waals surface area contributed by atoms with Crippen LogP contribution >= 0.6 is 0 Å². The molecule has 15 heteroatoms. The molecule has 4 aromatic carbocycles. The van der Waals surface area contributed by atoms with E-state index in [9.17, 15) is 35.5 Å². The first-order valence-electron chi connectivity index (χ1n) is 22.7. The molecule has 4 aromatic rings. The first-order valence-corrected chi connectivity index (χ1v) is 25.5. The molecule has 0 aromatic heterocycles. The zero-order valence-electron chi connectivity index (χ0n) is 39.7. The van der Waals surface area contributed by atoms with Crippen LogP contribution in [0.5, 0.6) is 0 Å². The molecule has 0 aliphatic carbocycles. The molecule has 0 fully saturated rings. The largest absolute Gasteiger partial charge is 1.00 e. The number of carbonyl (C=O) groups is 2. The number of allylic oxidation sites excluding steroid dienone is 6. The Morgan fingerprint density at radius 2 is 1.35 bits per heavy atom. The van der Waals surface area contributed by atoms with Gasteiger partial charge in [-0.3, -0.25) is 9.59 Å². The van der Waals surface area contributed by atoms with Crippen molar-refractivity contribution < 1.29 is 91.5 Å². The Bertz CT molecular complexity index is 3020. The third-order valence-electron chi connectivity index (χ3n) is 13.0. The Balaban J connectivity index is 0.00000761. The van der Waals surface area contributed by atoms with E-state index in [1.807, 2.05) is 123 Å². The fourth-order valence-corrected chi connectivity index (χ4v) is 10.3. The van der Waals surface area contributed by atoms with Gasteiger partial charge in [0.1, 0.15) is 27.3 Å². The third kappa shape index (κ3) is 11.9. The van der Waals surface area contributed by atoms with Crippen LogP contribution < -0.4 is 66.5 Å². The van der Waals surface area contributed by atoms with E-state index in [2.05, 4.69) is 22.1 Å². The monoisotopic (exact) mass is 980 g/mol. The molecule has 0 saturated carbocycles. The Hall–Kier alpha value is -4.47. The molecular weight excluding hydrogens is 924 g/mol. The Labute approximate surface area is 444 Å². The third-order valence-corrected chi connectivity index (χ3v) is 14.7. The molecule has 3 aliphatic heterocycles. The minimum Gasteiger partial charge on any atom is -0.744 e. The molecule has 0 saturated heterocycles. The van der Waals surface area contributed by atoms with Crippen molar-refractivity contribution in [2.24, 2.45) is 0 Å². The van der Waals surface area contributed by atoms with Crippen LogP contribution in [0, 0.1) is 11.8 Å². The van der Waals surface area contributed by atoms with E-state index in [4.69, 9.17) is 0 Å². The Kier molecular flexibility index (Phi) is 17.2. The number of hydrogen-bond acceptors (Lipinski definition) is 9. The summed E-state index contributed by atoms with van der Waals surface area (Å²) >= 11 is 0. The Morgan fingerprint density at radius 3 is 2.09 bits per heavy atom. The fraction of sp³-hybridized carbons (Fsp3) is 0.340. The molecule has 350 valence electrons. The molecule has 0 radical (unpaired) electrons. The van der Waals surface area contributed by atoms with Gasteiger partial charge >= 0.3 is 51.4 Å². The SMILES string of the molecule is C[N+]1=C(C=CC=CC=C2N(CCCCCC(=O)NCCCCCC(=O)N3Cc4ccccc4C#Cc4ccccc43)c3ccc(S(=O)(=O)[O-])cc3C2(C)C)C(C)(C)c2cc(S(=O)(=O)[O-])ccc21.[K+]. The molecule has 2 amide bonds. The van der Waals surface area contributed by atoms with Gasteiger partial charge in [0, 0.05) is 71.6 Å². The van der Waals surface area contributed by atoms with Gasteiger partial charge in [0.2, 0.25) is 17.5 Å². The maximum Gasteiger partial charge on any atom is 1.00 e. The van der Waals surface area contributed by atoms with Gasteiger partial charge in [-0.1, -0.05) is 87.1 Å². The summed E-state index contributed by atoms with van der Waals surface area (Å²) in [7, 11) is -7.39. The van der Waals surface area contributed by atoms with Gasteiger partial charge in [0.25, 0.3) is 0 Å². The number of nitrogens with zero attached hydrogens (tertiary/aromatic N) is 3. The van der Waals surface area contributed by atoms with Crippen molar-refractivity contribution >= 4 is 54.8 Å². The average molecular weight is 981 g/mol. The van der Waals surface area contributed by atoms with Crippen LogP contribution in [0.1, 0.15) is 107 Å². The van der Waals surface area contributed by atoms with Crippen LogP contribution in [-0.2, 0) is 47.2 Å². The topological polar surface area (TPSA) is 170 Å². The molecule has 0 bridgehead atoms. The van der Waals surface area contributed by atoms with Crippen LogP contribution in [0.15, 0.2) is 131 Å². The van der Waals surface area contributed by atoms with E-state index in [1.165, 1.54) is 24.3 Å². The molecule has 0 spiro atoms. The van der Waals surface area contributed by atoms with Gasteiger partial charge in [0.15, 0.2) is 5.71 Å². The maximum absolute atomic E-state index is 13.5. The number of fused-ring (bicyclic) bond motifs is 4. The number of rotatable bonds is 17. The van der Waals surface area contributed by atoms with Crippen LogP contribution in [0.2, 0.25) is 0 Å². The zero-order chi connectivity index (χ0) is 48.1. The number of hydrogen-bond donors (Lipinski definition) is 1. The van der Waals surface area contributed by atoms with Crippen molar-refractivity contribution in [1.29, 1.82) is 0 Å². The van der Waals surface area contributed by atoms with Gasteiger partial charge in [0.05, 0.1) is 27.4 Å². The second kappa shape index (κ2) is 22.1. The Morgan fingerprint density at radius 1 is 0.721 bits per heavy atom. The first-order chi connectivity index (χ1) is 31.8. The van der Waals surface area contributed by atoms with Gasteiger partial charge in [-0.2, -0.15) is 4.58 Å². The van der Waals surface area contributed by atoms with E-state index >= 15 is 0 Å². The van der Waals surface area contributed by atoms with Gasteiger partial charge in [-0.05, 0) is 105 Å². The predicted octanol–water partition coefficient (Wildman–Crippen LogP) is 5.48. The number of nitrogens with one attached hydrogen (secondary N) is 1. The van der Waals surface area contributed by atoms with Crippen LogP contribution in [-0.4, -0.2) is 68.2 Å². The zero-order valence-corrected chi connectivity index (χ0v) is 44.4. The minimum atomic E-state index is -4.68. The van der Waals surface area contributed by atoms with E-state index in [-0.39, 0.29) is 73.0 Å². The van der Waals surface area contributed by atoms with Crippen LogP contribution in [0.4, 0.5) is 17.1 Å². The number of amides is 2. The quantitative estimate of drug-likeness (QED) is 0.0360. The van der Waals surface area contributed by atoms with E-state index in [0.29, 0.717) is 45.3 Å². The van der Waals surface area contributed by atoms with Crippen LogP contribution in [0.3, 0.4) is 0 Å². The van der Waals surface area contributed by atoms with Crippen molar-refractivity contribution in [2.75, 3.05) is 29.9 Å². The summed E-state index contributed by atoms with van der Waals surface area (Å²) in [5, 5.41) is 3.03. The van der Waals surface area contributed by atoms with Crippen molar-refractivity contribution in [3.8, 4) is 11.8 Å². The molecular formula is C53H57KN4O8S2. The van der Waals surface area contributed by atoms with E-state index in [1.54, 1.807) is 12.1 Å². The standard InChI is InChI=1S/C53H58N4O8S2.K/c1-52(2)43-35-41(66(60,61)62)29-31-46(43)55(5)48(52)23-9-6-10-24-49-53(3,4)44-36-42(67(63,64)65)30-32-47(44)56(49)34-18-8-11-25-50(58)54-33-17-7-12-26-51(59)57-37-40-21-14-13-19-38(40)27-28-39-20-15-16-22-45(39)57;/h6,9-10,13-16,19-24,29-32,35-36H,7-8,11-12,17-18,25-26,33-34,37H2,1-5H3,(H2-,54,58,60,61,62,63,64,65);/q;+1/p-1. The molecule has 12 nitrogen and oxygen atoms in total. The smallest absolute Gasteiger partial charge is 0.744 e. The summed E-state index contributed by atoms with van der Waals surface area (Å²) in [6.07, 6.45) is 14.9. The van der Waals surface area contributed by atoms with Gasteiger partial charge in [-0.25, -0.2) is 16.8 Å². The summed E-state index contributed by atoms with van der Waals surface area (Å²) in [6.45, 7) is 9.55. The summed E-state index contributed by atoms with van der Waals surface area (Å²) in [4.78, 5) is 29.8. The fourth-order valence-electron chi connectivity index (χ4n) is 9.35. The molecule has 1 N–H and O–H groups in total. The second-order valence-corrected chi connectivity index (χ2v) is 21.0. The number of anilines is 2. The predicted molar refractivity (Wildman–Crippen MR) is 259 cm³/mol. The molecule has 68 heavy (non-hydrogen) atoms. The molecule has 0 atom stereocenters. The normalized spacial score (nSPS) is 16.4. The molecule has 3 heterocycles. The van der Waals surface area contributed by atoms with E-state index in [0.717, 1.165) is 82.0 Å². The van der Waals surface area contributed by atoms with Gasteiger partial charge in [-0.15, -0.1) is 0 Å². The van der Waals surface area contributed by atoms with Crippen molar-refractivity contribution in [3.05, 3.63) is 149 Å². The molecule has 0 unspecified atom stereocenters. The maximum atomic E-state index is 13.5.